The SMILES string of the molecule is CC(C)(C)C1CCc2c(sc(NC(=O)CSc3nnc4n3CCCCC4)c2C#N)C1. The Kier molecular flexibility index (Phi) is 6.21. The van der Waals surface area contributed by atoms with E-state index in [1.54, 1.807) is 11.3 Å². The lowest BCUT2D eigenvalue weighted by Crippen LogP contribution is -2.26. The first-order valence-corrected chi connectivity index (χ1v) is 12.6. The van der Waals surface area contributed by atoms with Crippen LogP contribution in [0.5, 0.6) is 0 Å². The van der Waals surface area contributed by atoms with Crippen LogP contribution in [0.1, 0.15) is 68.3 Å². The standard InChI is InChI=1S/C22H29N5OS2/c1-22(2,3)14-8-9-15-16(12-23)20(30-17(15)11-14)24-19(28)13-29-21-26-25-18-7-5-4-6-10-27(18)21/h14H,4-11,13H2,1-3H3,(H,24,28). The molecule has 1 amide bonds. The fourth-order valence-electron chi connectivity index (χ4n) is 4.39. The highest BCUT2D eigenvalue weighted by Gasteiger charge is 2.32. The predicted octanol–water partition coefficient (Wildman–Crippen LogP) is 4.82. The van der Waals surface area contributed by atoms with Crippen LogP contribution in [0.4, 0.5) is 5.00 Å². The number of hydrogen-bond acceptors (Lipinski definition) is 6. The zero-order valence-corrected chi connectivity index (χ0v) is 19.6. The lowest BCUT2D eigenvalue weighted by Gasteiger charge is -2.33. The highest BCUT2D eigenvalue weighted by molar-refractivity contribution is 7.99. The Morgan fingerprint density at radius 2 is 2.13 bits per heavy atom. The normalized spacial score (nSPS) is 18.8. The first kappa shape index (κ1) is 21.4. The van der Waals surface area contributed by atoms with E-state index in [-0.39, 0.29) is 17.1 Å². The molecule has 0 saturated carbocycles. The molecule has 1 aliphatic heterocycles. The second kappa shape index (κ2) is 8.72. The maximum Gasteiger partial charge on any atom is 0.235 e. The van der Waals surface area contributed by atoms with Gasteiger partial charge in [-0.2, -0.15) is 5.26 Å². The van der Waals surface area contributed by atoms with Gasteiger partial charge in [-0.1, -0.05) is 39.0 Å². The Bertz CT molecular complexity index is 979. The fraction of sp³-hybridized carbons (Fsp3) is 0.636. The van der Waals surface area contributed by atoms with E-state index in [2.05, 4.69) is 46.9 Å². The Morgan fingerprint density at radius 3 is 2.90 bits per heavy atom. The second-order valence-electron chi connectivity index (χ2n) is 9.32. The zero-order valence-electron chi connectivity index (χ0n) is 18.0. The summed E-state index contributed by atoms with van der Waals surface area (Å²) in [6, 6.07) is 2.34. The molecule has 0 aromatic carbocycles. The van der Waals surface area contributed by atoms with Gasteiger partial charge in [0.05, 0.1) is 11.3 Å². The van der Waals surface area contributed by atoms with Crippen molar-refractivity contribution < 1.29 is 4.79 Å². The van der Waals surface area contributed by atoms with Crippen molar-refractivity contribution in [1.29, 1.82) is 5.26 Å². The summed E-state index contributed by atoms with van der Waals surface area (Å²) >= 11 is 3.02. The minimum atomic E-state index is -0.0894. The monoisotopic (exact) mass is 443 g/mol. The number of nitrogens with one attached hydrogen (secondary N) is 1. The van der Waals surface area contributed by atoms with E-state index in [4.69, 9.17) is 0 Å². The van der Waals surface area contributed by atoms with Crippen LogP contribution < -0.4 is 5.32 Å². The minimum absolute atomic E-state index is 0.0894. The van der Waals surface area contributed by atoms with Crippen LogP contribution >= 0.6 is 23.1 Å². The van der Waals surface area contributed by atoms with E-state index in [9.17, 15) is 10.1 Å². The number of thiophene rings is 1. The molecule has 4 rings (SSSR count). The Hall–Kier alpha value is -1.85. The third kappa shape index (κ3) is 4.42. The Balaban J connectivity index is 1.43. The molecule has 6 nitrogen and oxygen atoms in total. The summed E-state index contributed by atoms with van der Waals surface area (Å²) in [4.78, 5) is 13.9. The van der Waals surface area contributed by atoms with Crippen LogP contribution in [-0.4, -0.2) is 26.4 Å². The Morgan fingerprint density at radius 1 is 1.30 bits per heavy atom. The summed E-state index contributed by atoms with van der Waals surface area (Å²) in [6.07, 6.45) is 7.47. The zero-order chi connectivity index (χ0) is 21.3. The molecule has 30 heavy (non-hydrogen) atoms. The van der Waals surface area contributed by atoms with E-state index in [1.165, 1.54) is 23.1 Å². The van der Waals surface area contributed by atoms with Crippen molar-refractivity contribution in [2.45, 2.75) is 77.4 Å². The molecule has 0 bridgehead atoms. The van der Waals surface area contributed by atoms with E-state index < -0.39 is 0 Å². The molecule has 0 radical (unpaired) electrons. The van der Waals surface area contributed by atoms with Gasteiger partial charge in [0.2, 0.25) is 5.91 Å². The molecule has 1 atom stereocenters. The van der Waals surface area contributed by atoms with Crippen molar-refractivity contribution in [3.05, 3.63) is 21.8 Å². The van der Waals surface area contributed by atoms with Crippen molar-refractivity contribution in [3.63, 3.8) is 0 Å². The van der Waals surface area contributed by atoms with Gasteiger partial charge in [-0.05, 0) is 49.0 Å². The molecule has 160 valence electrons. The third-order valence-corrected chi connectivity index (χ3v) is 8.40. The number of aromatic nitrogens is 3. The number of fused-ring (bicyclic) bond motifs is 2. The second-order valence-corrected chi connectivity index (χ2v) is 11.4. The van der Waals surface area contributed by atoms with Gasteiger partial charge in [-0.25, -0.2) is 0 Å². The average molecular weight is 444 g/mol. The number of nitriles is 1. The average Bonchev–Trinajstić information content (AvgIpc) is 3.16. The molecule has 2 aromatic rings. The number of hydrogen-bond donors (Lipinski definition) is 1. The summed E-state index contributed by atoms with van der Waals surface area (Å²) in [5.74, 6) is 1.82. The number of carbonyl (C=O) groups is 1. The van der Waals surface area contributed by atoms with Crippen LogP contribution in [0.15, 0.2) is 5.16 Å². The Labute approximate surface area is 186 Å². The molecule has 2 aliphatic rings. The molecule has 0 saturated heterocycles. The number of aryl methyl sites for hydroxylation is 1. The molecular formula is C22H29N5OS2. The highest BCUT2D eigenvalue weighted by Crippen LogP contribution is 2.44. The maximum absolute atomic E-state index is 12.7. The number of amides is 1. The fourth-order valence-corrected chi connectivity index (χ4v) is 6.47. The molecule has 1 N–H and O–H groups in total. The van der Waals surface area contributed by atoms with Crippen molar-refractivity contribution in [2.24, 2.45) is 11.3 Å². The van der Waals surface area contributed by atoms with Gasteiger partial charge in [0.25, 0.3) is 0 Å². The first-order chi connectivity index (χ1) is 14.4. The van der Waals surface area contributed by atoms with Crippen LogP contribution in [0.2, 0.25) is 0 Å². The summed E-state index contributed by atoms with van der Waals surface area (Å²) in [6.45, 7) is 7.78. The van der Waals surface area contributed by atoms with Gasteiger partial charge in [-0.15, -0.1) is 21.5 Å². The van der Waals surface area contributed by atoms with Crippen LogP contribution in [-0.2, 0) is 30.6 Å². The molecule has 2 aromatic heterocycles. The topological polar surface area (TPSA) is 83.6 Å². The lowest BCUT2D eigenvalue weighted by atomic mass is 9.72. The molecule has 8 heteroatoms. The highest BCUT2D eigenvalue weighted by atomic mass is 32.2. The van der Waals surface area contributed by atoms with Crippen LogP contribution in [0.3, 0.4) is 0 Å². The summed E-state index contributed by atoms with van der Waals surface area (Å²) in [5, 5.41) is 22.8. The van der Waals surface area contributed by atoms with Crippen LogP contribution in [0.25, 0.3) is 0 Å². The van der Waals surface area contributed by atoms with Crippen molar-refractivity contribution in [1.82, 2.24) is 14.8 Å². The van der Waals surface area contributed by atoms with Crippen molar-refractivity contribution in [3.8, 4) is 6.07 Å². The molecular weight excluding hydrogens is 414 g/mol. The predicted molar refractivity (Wildman–Crippen MR) is 121 cm³/mol. The molecule has 1 aliphatic carbocycles. The largest absolute Gasteiger partial charge is 0.316 e. The molecule has 1 unspecified atom stereocenters. The van der Waals surface area contributed by atoms with Gasteiger partial charge in [-0.3, -0.25) is 4.79 Å². The van der Waals surface area contributed by atoms with Crippen molar-refractivity contribution in [2.75, 3.05) is 11.1 Å². The van der Waals surface area contributed by atoms with Gasteiger partial charge >= 0.3 is 0 Å². The van der Waals surface area contributed by atoms with E-state index in [1.807, 2.05) is 0 Å². The van der Waals surface area contributed by atoms with E-state index >= 15 is 0 Å². The maximum atomic E-state index is 12.7. The van der Waals surface area contributed by atoms with Gasteiger partial charge in [0.15, 0.2) is 5.16 Å². The van der Waals surface area contributed by atoms with Crippen LogP contribution in [0, 0.1) is 22.7 Å². The number of nitrogens with zero attached hydrogens (tertiary/aromatic N) is 4. The van der Waals surface area contributed by atoms with Crippen molar-refractivity contribution >= 4 is 34.0 Å². The number of rotatable bonds is 4. The lowest BCUT2D eigenvalue weighted by molar-refractivity contribution is -0.113. The quantitative estimate of drug-likeness (QED) is 0.685. The molecule has 0 spiro atoms. The van der Waals surface area contributed by atoms with Gasteiger partial charge < -0.3 is 9.88 Å². The third-order valence-electron chi connectivity index (χ3n) is 6.26. The smallest absolute Gasteiger partial charge is 0.235 e. The molecule has 0 fully saturated rings. The summed E-state index contributed by atoms with van der Waals surface area (Å²) in [5.41, 5.74) is 2.07. The minimum Gasteiger partial charge on any atom is -0.316 e. The van der Waals surface area contributed by atoms with Gasteiger partial charge in [0, 0.05) is 17.8 Å². The van der Waals surface area contributed by atoms with E-state index in [0.29, 0.717) is 16.5 Å². The first-order valence-electron chi connectivity index (χ1n) is 10.8. The summed E-state index contributed by atoms with van der Waals surface area (Å²) in [7, 11) is 0. The number of carbonyl (C=O) groups excluding carboxylic acids is 1. The number of thioether (sulfide) groups is 1. The van der Waals surface area contributed by atoms with E-state index in [0.717, 1.165) is 61.6 Å². The number of anilines is 1. The molecule has 3 heterocycles. The summed E-state index contributed by atoms with van der Waals surface area (Å²) < 4.78 is 2.15. The van der Waals surface area contributed by atoms with Gasteiger partial charge in [0.1, 0.15) is 16.9 Å².